The normalized spacial score (nSPS) is 18.1. The first kappa shape index (κ1) is 22.7. The fourth-order valence-electron chi connectivity index (χ4n) is 3.47. The van der Waals surface area contributed by atoms with Crippen molar-refractivity contribution in [1.82, 2.24) is 4.90 Å². The number of likely N-dealkylation sites (tertiary alicyclic amines) is 1. The predicted octanol–water partition coefficient (Wildman–Crippen LogP) is 3.90. The fourth-order valence-corrected chi connectivity index (χ4v) is 3.73. The maximum absolute atomic E-state index is 12.9. The first-order valence-electron chi connectivity index (χ1n) is 9.77. The topological polar surface area (TPSA) is 96.3 Å². The van der Waals surface area contributed by atoms with Crippen LogP contribution in [0.2, 0.25) is 5.02 Å². The molecule has 0 aliphatic carbocycles. The number of hydrogen-bond acceptors (Lipinski definition) is 6. The number of carbonyl (C=O) groups is 2. The number of carbonyl (C=O) groups excluding carboxylic acids is 2. The molecule has 164 valence electrons. The van der Waals surface area contributed by atoms with E-state index in [0.29, 0.717) is 11.3 Å². The molecule has 2 aromatic carbocycles. The van der Waals surface area contributed by atoms with Crippen LogP contribution >= 0.6 is 11.6 Å². The molecule has 31 heavy (non-hydrogen) atoms. The summed E-state index contributed by atoms with van der Waals surface area (Å²) in [6.45, 7) is 4.14. The monoisotopic (exact) mass is 445 g/mol. The summed E-state index contributed by atoms with van der Waals surface area (Å²) in [5.74, 6) is -1.41. The van der Waals surface area contributed by atoms with E-state index >= 15 is 0 Å². The molecule has 0 radical (unpaired) electrons. The highest BCUT2D eigenvalue weighted by molar-refractivity contribution is 6.46. The SMILES string of the molecule is COc1ccc(/C(O)=C2/C(=O)C(=O)N(CCOC(C)C)C2c2ccc(O)cc2)cc1Cl. The molecule has 3 rings (SSSR count). The summed E-state index contributed by atoms with van der Waals surface area (Å²) in [6, 6.07) is 9.90. The maximum atomic E-state index is 12.9. The van der Waals surface area contributed by atoms with Crippen LogP contribution in [-0.2, 0) is 14.3 Å². The second kappa shape index (κ2) is 9.41. The van der Waals surface area contributed by atoms with E-state index in [9.17, 15) is 19.8 Å². The Morgan fingerprint density at radius 2 is 1.84 bits per heavy atom. The number of aromatic hydroxyl groups is 1. The van der Waals surface area contributed by atoms with Crippen LogP contribution in [0, 0.1) is 0 Å². The van der Waals surface area contributed by atoms with Gasteiger partial charge in [-0.3, -0.25) is 9.59 Å². The molecule has 1 amide bonds. The molecule has 7 nitrogen and oxygen atoms in total. The third-order valence-corrected chi connectivity index (χ3v) is 5.25. The number of ether oxygens (including phenoxy) is 2. The number of aliphatic hydroxyl groups excluding tert-OH is 1. The van der Waals surface area contributed by atoms with E-state index in [1.807, 2.05) is 13.8 Å². The van der Waals surface area contributed by atoms with E-state index in [0.717, 1.165) is 0 Å². The fraction of sp³-hybridized carbons (Fsp3) is 0.304. The highest BCUT2D eigenvalue weighted by atomic mass is 35.5. The minimum absolute atomic E-state index is 0.0367. The number of rotatable bonds is 7. The molecular weight excluding hydrogens is 422 g/mol. The van der Waals surface area contributed by atoms with Crippen molar-refractivity contribution >= 4 is 29.1 Å². The molecule has 1 aliphatic rings. The number of amides is 1. The van der Waals surface area contributed by atoms with Crippen molar-refractivity contribution in [3.8, 4) is 11.5 Å². The first-order chi connectivity index (χ1) is 14.7. The van der Waals surface area contributed by atoms with Gasteiger partial charge in [0.25, 0.3) is 11.7 Å². The van der Waals surface area contributed by atoms with Crippen LogP contribution in [-0.4, -0.2) is 53.2 Å². The van der Waals surface area contributed by atoms with Gasteiger partial charge in [-0.2, -0.15) is 0 Å². The van der Waals surface area contributed by atoms with Gasteiger partial charge in [0.1, 0.15) is 17.3 Å². The van der Waals surface area contributed by atoms with Crippen LogP contribution in [0.3, 0.4) is 0 Å². The molecule has 1 aliphatic heterocycles. The Morgan fingerprint density at radius 1 is 1.16 bits per heavy atom. The van der Waals surface area contributed by atoms with Gasteiger partial charge in [0.15, 0.2) is 0 Å². The largest absolute Gasteiger partial charge is 0.508 e. The van der Waals surface area contributed by atoms with E-state index in [-0.39, 0.29) is 46.9 Å². The summed E-state index contributed by atoms with van der Waals surface area (Å²) < 4.78 is 10.7. The average molecular weight is 446 g/mol. The van der Waals surface area contributed by atoms with Gasteiger partial charge in [0, 0.05) is 12.1 Å². The molecule has 0 aromatic heterocycles. The Kier molecular flexibility index (Phi) is 6.87. The third-order valence-electron chi connectivity index (χ3n) is 4.96. The van der Waals surface area contributed by atoms with Crippen molar-refractivity contribution in [3.63, 3.8) is 0 Å². The zero-order valence-corrected chi connectivity index (χ0v) is 18.2. The molecule has 1 saturated heterocycles. The summed E-state index contributed by atoms with van der Waals surface area (Å²) in [6.07, 6.45) is -0.0367. The first-order valence-corrected chi connectivity index (χ1v) is 10.1. The lowest BCUT2D eigenvalue weighted by molar-refractivity contribution is -0.140. The van der Waals surface area contributed by atoms with Gasteiger partial charge in [0.2, 0.25) is 0 Å². The second-order valence-corrected chi connectivity index (χ2v) is 7.76. The number of phenols is 1. The van der Waals surface area contributed by atoms with Crippen LogP contribution in [0.25, 0.3) is 5.76 Å². The summed E-state index contributed by atoms with van der Waals surface area (Å²) in [7, 11) is 1.47. The number of halogens is 1. The van der Waals surface area contributed by atoms with Crippen LogP contribution in [0.15, 0.2) is 48.0 Å². The smallest absolute Gasteiger partial charge is 0.295 e. The zero-order valence-electron chi connectivity index (χ0n) is 17.5. The molecular formula is C23H24ClNO6. The van der Waals surface area contributed by atoms with Gasteiger partial charge < -0.3 is 24.6 Å². The predicted molar refractivity (Wildman–Crippen MR) is 116 cm³/mol. The van der Waals surface area contributed by atoms with Gasteiger partial charge in [0.05, 0.1) is 36.5 Å². The molecule has 1 atom stereocenters. The van der Waals surface area contributed by atoms with E-state index < -0.39 is 17.7 Å². The summed E-state index contributed by atoms with van der Waals surface area (Å²) in [5, 5.41) is 20.9. The van der Waals surface area contributed by atoms with E-state index in [1.54, 1.807) is 24.3 Å². The highest BCUT2D eigenvalue weighted by Gasteiger charge is 2.45. The third kappa shape index (κ3) is 4.68. The summed E-state index contributed by atoms with van der Waals surface area (Å²) in [4.78, 5) is 27.1. The van der Waals surface area contributed by atoms with Crippen molar-refractivity contribution in [2.75, 3.05) is 20.3 Å². The summed E-state index contributed by atoms with van der Waals surface area (Å²) in [5.41, 5.74) is 0.801. The number of aliphatic hydroxyl groups is 1. The number of phenolic OH excluding ortho intramolecular Hbond substituents is 1. The molecule has 0 bridgehead atoms. The van der Waals surface area contributed by atoms with Crippen molar-refractivity contribution < 1.29 is 29.3 Å². The van der Waals surface area contributed by atoms with Gasteiger partial charge in [-0.1, -0.05) is 23.7 Å². The lowest BCUT2D eigenvalue weighted by atomic mass is 9.95. The molecule has 1 unspecified atom stereocenters. The van der Waals surface area contributed by atoms with Gasteiger partial charge in [-0.15, -0.1) is 0 Å². The number of benzene rings is 2. The Hall–Kier alpha value is -3.03. The number of methoxy groups -OCH3 is 1. The molecule has 0 spiro atoms. The lowest BCUT2D eigenvalue weighted by Gasteiger charge is -2.25. The molecule has 2 N–H and O–H groups in total. The Balaban J connectivity index is 2.10. The molecule has 8 heteroatoms. The maximum Gasteiger partial charge on any atom is 0.295 e. The number of ketones is 1. The van der Waals surface area contributed by atoms with Gasteiger partial charge >= 0.3 is 0 Å². The van der Waals surface area contributed by atoms with E-state index in [1.165, 1.54) is 30.2 Å². The van der Waals surface area contributed by atoms with Crippen LogP contribution in [0.5, 0.6) is 11.5 Å². The van der Waals surface area contributed by atoms with E-state index in [4.69, 9.17) is 21.1 Å². The number of hydrogen-bond donors (Lipinski definition) is 2. The van der Waals surface area contributed by atoms with Crippen molar-refractivity contribution in [3.05, 3.63) is 64.2 Å². The molecule has 1 heterocycles. The standard InChI is InChI=1S/C23H24ClNO6/c1-13(2)31-11-10-25-20(14-4-7-16(26)8-5-14)19(22(28)23(25)29)21(27)15-6-9-18(30-3)17(24)12-15/h4-9,12-13,20,26-27H,10-11H2,1-3H3/b21-19-. The van der Waals surface area contributed by atoms with Gasteiger partial charge in [-0.05, 0) is 49.7 Å². The lowest BCUT2D eigenvalue weighted by Crippen LogP contribution is -2.33. The molecule has 1 fully saturated rings. The van der Waals surface area contributed by atoms with Crippen LogP contribution < -0.4 is 4.74 Å². The minimum atomic E-state index is -0.836. The Bertz CT molecular complexity index is 1020. The van der Waals surface area contributed by atoms with Crippen LogP contribution in [0.4, 0.5) is 0 Å². The number of nitrogens with zero attached hydrogens (tertiary/aromatic N) is 1. The number of Topliss-reactive ketones (excluding diaryl/α,β-unsaturated/α-hetero) is 1. The van der Waals surface area contributed by atoms with E-state index in [2.05, 4.69) is 0 Å². The van der Waals surface area contributed by atoms with Crippen molar-refractivity contribution in [2.24, 2.45) is 0 Å². The Labute approximate surface area is 185 Å². The van der Waals surface area contributed by atoms with Crippen LogP contribution in [0.1, 0.15) is 31.0 Å². The molecule has 2 aromatic rings. The van der Waals surface area contributed by atoms with Crippen molar-refractivity contribution in [1.29, 1.82) is 0 Å². The quantitative estimate of drug-likeness (QED) is 0.381. The second-order valence-electron chi connectivity index (χ2n) is 7.35. The summed E-state index contributed by atoms with van der Waals surface area (Å²) >= 11 is 6.18. The molecule has 0 saturated carbocycles. The van der Waals surface area contributed by atoms with Crippen molar-refractivity contribution in [2.45, 2.75) is 26.0 Å². The zero-order chi connectivity index (χ0) is 22.7. The minimum Gasteiger partial charge on any atom is -0.508 e. The average Bonchev–Trinajstić information content (AvgIpc) is 2.98. The van der Waals surface area contributed by atoms with Gasteiger partial charge in [-0.25, -0.2) is 0 Å². The highest BCUT2D eigenvalue weighted by Crippen LogP contribution is 2.40. The Morgan fingerprint density at radius 3 is 2.42 bits per heavy atom.